The lowest BCUT2D eigenvalue weighted by Gasteiger charge is -2.37. The molecular formula is C20H29IO8. The minimum atomic E-state index is -0.705. The molecule has 0 spiro atoms. The Morgan fingerprint density at radius 2 is 1.83 bits per heavy atom. The molecule has 0 N–H and O–H groups in total. The summed E-state index contributed by atoms with van der Waals surface area (Å²) in [5.74, 6) is -3.52. The van der Waals surface area contributed by atoms with Gasteiger partial charge in [0.15, 0.2) is 6.61 Å². The second-order valence-electron chi connectivity index (χ2n) is 8.47. The molecule has 2 saturated carbocycles. The second kappa shape index (κ2) is 9.72. The van der Waals surface area contributed by atoms with E-state index in [9.17, 15) is 19.2 Å². The number of ether oxygens (including phenoxy) is 4. The number of methoxy groups -OCH3 is 1. The summed E-state index contributed by atoms with van der Waals surface area (Å²) in [6.07, 6.45) is 0.691. The summed E-state index contributed by atoms with van der Waals surface area (Å²) in [4.78, 5) is 48.5. The van der Waals surface area contributed by atoms with Crippen molar-refractivity contribution in [3.63, 3.8) is 0 Å². The van der Waals surface area contributed by atoms with Gasteiger partial charge in [0.25, 0.3) is 0 Å². The van der Waals surface area contributed by atoms with Crippen LogP contribution >= 0.6 is 22.6 Å². The number of rotatable bonds is 8. The fourth-order valence-corrected chi connectivity index (χ4v) is 4.45. The van der Waals surface area contributed by atoms with Crippen molar-refractivity contribution < 1.29 is 38.1 Å². The number of alkyl halides is 1. The molecule has 2 aliphatic rings. The van der Waals surface area contributed by atoms with Crippen LogP contribution in [-0.2, 0) is 38.1 Å². The molecule has 7 unspecified atom stereocenters. The molecule has 0 amide bonds. The number of fused-ring (bicyclic) bond motifs is 2. The first-order chi connectivity index (χ1) is 13.5. The van der Waals surface area contributed by atoms with Crippen molar-refractivity contribution in [2.24, 2.45) is 23.7 Å². The summed E-state index contributed by atoms with van der Waals surface area (Å²) in [6, 6.07) is 0. The van der Waals surface area contributed by atoms with Crippen LogP contribution in [0.1, 0.15) is 40.5 Å². The summed E-state index contributed by atoms with van der Waals surface area (Å²) in [5, 5.41) is 0. The van der Waals surface area contributed by atoms with Gasteiger partial charge in [0.1, 0.15) is 21.9 Å². The van der Waals surface area contributed by atoms with Gasteiger partial charge >= 0.3 is 17.9 Å². The number of aldehydes is 1. The number of halogens is 1. The standard InChI is InChI=1S/C20H29IO8/c1-6-13(21)18(24)27-9-14(23)28-17-11-7-10(16(17)26-5)12(8-22)15(11)19(25)29-20(2,3)4/h8,10-13,15-17H,6-7,9H2,1-5H3. The van der Waals surface area contributed by atoms with E-state index in [4.69, 9.17) is 18.9 Å². The second-order valence-corrected chi connectivity index (χ2v) is 9.98. The lowest BCUT2D eigenvalue weighted by atomic mass is 9.77. The average molecular weight is 524 g/mol. The number of esters is 3. The highest BCUT2D eigenvalue weighted by atomic mass is 127. The van der Waals surface area contributed by atoms with Crippen LogP contribution < -0.4 is 0 Å². The Balaban J connectivity index is 2.09. The Kier molecular flexibility index (Phi) is 8.06. The van der Waals surface area contributed by atoms with Crippen molar-refractivity contribution in [2.75, 3.05) is 13.7 Å². The smallest absolute Gasteiger partial charge is 0.344 e. The van der Waals surface area contributed by atoms with E-state index in [0.29, 0.717) is 12.8 Å². The Morgan fingerprint density at radius 1 is 1.17 bits per heavy atom. The molecule has 2 aliphatic carbocycles. The molecule has 8 nitrogen and oxygen atoms in total. The maximum Gasteiger partial charge on any atom is 0.344 e. The predicted octanol–water partition coefficient (Wildman–Crippen LogP) is 2.09. The number of hydrogen-bond donors (Lipinski definition) is 0. The van der Waals surface area contributed by atoms with Crippen molar-refractivity contribution in [1.29, 1.82) is 0 Å². The van der Waals surface area contributed by atoms with E-state index in [-0.39, 0.29) is 15.8 Å². The molecule has 2 fully saturated rings. The predicted molar refractivity (Wildman–Crippen MR) is 110 cm³/mol. The van der Waals surface area contributed by atoms with E-state index in [1.165, 1.54) is 7.11 Å². The Hall–Kier alpha value is -1.23. The topological polar surface area (TPSA) is 105 Å². The lowest BCUT2D eigenvalue weighted by Crippen LogP contribution is -2.49. The van der Waals surface area contributed by atoms with Crippen molar-refractivity contribution in [3.8, 4) is 0 Å². The molecule has 2 bridgehead atoms. The molecule has 164 valence electrons. The molecule has 0 saturated heterocycles. The van der Waals surface area contributed by atoms with Crippen LogP contribution in [0.15, 0.2) is 0 Å². The van der Waals surface area contributed by atoms with Crippen molar-refractivity contribution in [1.82, 2.24) is 0 Å². The first-order valence-electron chi connectivity index (χ1n) is 9.75. The summed E-state index contributed by atoms with van der Waals surface area (Å²) in [5.41, 5.74) is -0.692. The molecule has 2 rings (SSSR count). The van der Waals surface area contributed by atoms with Crippen LogP contribution in [0.2, 0.25) is 0 Å². The first-order valence-corrected chi connectivity index (χ1v) is 11.0. The summed E-state index contributed by atoms with van der Waals surface area (Å²) < 4.78 is 21.2. The SMILES string of the molecule is CCC(I)C(=O)OCC(=O)OC1C2CC(C(C=O)C2C(=O)OC(C)(C)C)C1OC. The number of hydrogen-bond acceptors (Lipinski definition) is 8. The summed E-state index contributed by atoms with van der Waals surface area (Å²) in [7, 11) is 1.48. The van der Waals surface area contributed by atoms with E-state index < -0.39 is 54.2 Å². The van der Waals surface area contributed by atoms with E-state index in [0.717, 1.165) is 6.29 Å². The van der Waals surface area contributed by atoms with Gasteiger partial charge in [-0.1, -0.05) is 29.5 Å². The van der Waals surface area contributed by atoms with Crippen LogP contribution in [0.3, 0.4) is 0 Å². The van der Waals surface area contributed by atoms with Gasteiger partial charge in [-0.25, -0.2) is 4.79 Å². The Labute approximate surface area is 184 Å². The molecule has 29 heavy (non-hydrogen) atoms. The number of carbonyl (C=O) groups is 4. The van der Waals surface area contributed by atoms with Gasteiger partial charge in [0.05, 0.1) is 12.0 Å². The third-order valence-corrected chi connectivity index (χ3v) is 6.79. The number of carbonyl (C=O) groups excluding carboxylic acids is 4. The maximum absolute atomic E-state index is 12.7. The van der Waals surface area contributed by atoms with E-state index in [1.807, 2.05) is 29.5 Å². The third kappa shape index (κ3) is 5.48. The van der Waals surface area contributed by atoms with Crippen molar-refractivity contribution in [2.45, 2.75) is 62.3 Å². The Bertz CT molecular complexity index is 643. The van der Waals surface area contributed by atoms with Crippen LogP contribution in [-0.4, -0.2) is 59.6 Å². The fourth-order valence-electron chi connectivity index (χ4n) is 4.27. The summed E-state index contributed by atoms with van der Waals surface area (Å²) in [6.45, 7) is 6.61. The minimum absolute atomic E-state index is 0.237. The quantitative estimate of drug-likeness (QED) is 0.156. The van der Waals surface area contributed by atoms with Crippen LogP contribution in [0.25, 0.3) is 0 Å². The molecule has 0 aromatic rings. The largest absolute Gasteiger partial charge is 0.460 e. The van der Waals surface area contributed by atoms with Gasteiger partial charge in [-0.05, 0) is 39.5 Å². The zero-order chi connectivity index (χ0) is 21.9. The first kappa shape index (κ1) is 24.0. The van der Waals surface area contributed by atoms with E-state index in [1.54, 1.807) is 20.8 Å². The zero-order valence-electron chi connectivity index (χ0n) is 17.4. The molecule has 0 aliphatic heterocycles. The van der Waals surface area contributed by atoms with Gasteiger partial charge in [0, 0.05) is 18.9 Å². The molecule has 0 heterocycles. The molecular weight excluding hydrogens is 495 g/mol. The Morgan fingerprint density at radius 3 is 2.34 bits per heavy atom. The summed E-state index contributed by atoms with van der Waals surface area (Å²) >= 11 is 1.95. The highest BCUT2D eigenvalue weighted by Crippen LogP contribution is 2.54. The van der Waals surface area contributed by atoms with Gasteiger partial charge in [-0.15, -0.1) is 0 Å². The molecule has 7 atom stereocenters. The monoisotopic (exact) mass is 524 g/mol. The lowest BCUT2D eigenvalue weighted by molar-refractivity contribution is -0.182. The van der Waals surface area contributed by atoms with E-state index in [2.05, 4.69) is 0 Å². The van der Waals surface area contributed by atoms with Crippen molar-refractivity contribution >= 4 is 46.8 Å². The van der Waals surface area contributed by atoms with Gasteiger partial charge in [0.2, 0.25) is 0 Å². The zero-order valence-corrected chi connectivity index (χ0v) is 19.5. The maximum atomic E-state index is 12.7. The molecule has 9 heteroatoms. The average Bonchev–Trinajstić information content (AvgIpc) is 3.19. The van der Waals surface area contributed by atoms with Gasteiger partial charge in [-0.3, -0.25) is 9.59 Å². The van der Waals surface area contributed by atoms with Crippen LogP contribution in [0.5, 0.6) is 0 Å². The van der Waals surface area contributed by atoms with Crippen LogP contribution in [0.4, 0.5) is 0 Å². The van der Waals surface area contributed by atoms with Crippen LogP contribution in [0, 0.1) is 23.7 Å². The highest BCUT2D eigenvalue weighted by molar-refractivity contribution is 14.1. The van der Waals surface area contributed by atoms with Crippen molar-refractivity contribution in [3.05, 3.63) is 0 Å². The molecule has 0 aromatic heterocycles. The fraction of sp³-hybridized carbons (Fsp3) is 0.800. The highest BCUT2D eigenvalue weighted by Gasteiger charge is 2.63. The third-order valence-electron chi connectivity index (χ3n) is 5.40. The normalized spacial score (nSPS) is 31.8. The molecule has 0 aromatic carbocycles. The molecule has 0 radical (unpaired) electrons. The minimum Gasteiger partial charge on any atom is -0.460 e. The van der Waals surface area contributed by atoms with E-state index >= 15 is 0 Å². The van der Waals surface area contributed by atoms with Gasteiger partial charge < -0.3 is 23.7 Å². The van der Waals surface area contributed by atoms with Gasteiger partial charge in [-0.2, -0.15) is 0 Å².